The number of carbonyl (C=O) groups is 3. The third-order valence-electron chi connectivity index (χ3n) is 12.4. The molecule has 0 amide bonds. The standard InChI is InChI=1S/C63H108O6/c1-4-7-10-13-16-19-22-25-27-28-29-30-31-32-33-34-36-38-41-44-47-50-53-56-62(65)68-59-60(58-67-61(64)55-52-49-46-43-40-37-24-21-18-15-12-9-6-3)69-63(66)57-54-51-48-45-42-39-35-26-23-20-17-14-11-8-5-2/h7,10,16-17,19-20,25-27,29-30,32-33,35,60H,4-6,8-9,11-15,18,21-24,28,31,34,36-59H2,1-3H3/b10-7-,19-16-,20-17-,27-25-,30-29-,33-32-,35-26-. The molecular weight excluding hydrogens is 853 g/mol. The first kappa shape index (κ1) is 65.6. The average Bonchev–Trinajstić information content (AvgIpc) is 3.35. The summed E-state index contributed by atoms with van der Waals surface area (Å²) >= 11 is 0. The van der Waals surface area contributed by atoms with Gasteiger partial charge < -0.3 is 14.2 Å². The summed E-state index contributed by atoms with van der Waals surface area (Å²) in [4.78, 5) is 38.1. The Kier molecular flexibility index (Phi) is 54.3. The first-order valence-corrected chi connectivity index (χ1v) is 29.1. The first-order valence-electron chi connectivity index (χ1n) is 29.1. The Morgan fingerprint density at radius 2 is 0.565 bits per heavy atom. The van der Waals surface area contributed by atoms with Gasteiger partial charge in [-0.3, -0.25) is 14.4 Å². The second-order valence-electron chi connectivity index (χ2n) is 19.2. The maximum Gasteiger partial charge on any atom is 0.306 e. The monoisotopic (exact) mass is 961 g/mol. The molecule has 0 N–H and O–H groups in total. The van der Waals surface area contributed by atoms with Crippen molar-refractivity contribution in [3.05, 3.63) is 85.1 Å². The highest BCUT2D eigenvalue weighted by atomic mass is 16.6. The molecule has 0 aromatic rings. The maximum absolute atomic E-state index is 12.8. The predicted molar refractivity (Wildman–Crippen MR) is 297 cm³/mol. The third kappa shape index (κ3) is 55.4. The van der Waals surface area contributed by atoms with Crippen LogP contribution in [0.4, 0.5) is 0 Å². The molecule has 1 atom stereocenters. The van der Waals surface area contributed by atoms with Crippen LogP contribution in [0.2, 0.25) is 0 Å². The van der Waals surface area contributed by atoms with E-state index in [1.165, 1.54) is 116 Å². The fourth-order valence-electron chi connectivity index (χ4n) is 8.03. The van der Waals surface area contributed by atoms with Crippen molar-refractivity contribution < 1.29 is 28.6 Å². The van der Waals surface area contributed by atoms with E-state index in [9.17, 15) is 14.4 Å². The van der Waals surface area contributed by atoms with Gasteiger partial charge in [-0.15, -0.1) is 0 Å². The van der Waals surface area contributed by atoms with Crippen molar-refractivity contribution >= 4 is 17.9 Å². The topological polar surface area (TPSA) is 78.9 Å². The number of rotatable bonds is 52. The van der Waals surface area contributed by atoms with Crippen molar-refractivity contribution in [2.45, 2.75) is 284 Å². The molecule has 0 aliphatic carbocycles. The second-order valence-corrected chi connectivity index (χ2v) is 19.2. The molecule has 396 valence electrons. The number of allylic oxidation sites excluding steroid dienone is 14. The second kappa shape index (κ2) is 57.2. The van der Waals surface area contributed by atoms with Gasteiger partial charge in [-0.1, -0.05) is 247 Å². The minimum Gasteiger partial charge on any atom is -0.462 e. The molecule has 0 aromatic heterocycles. The molecule has 6 heteroatoms. The molecule has 0 bridgehead atoms. The Balaban J connectivity index is 4.37. The Labute approximate surface area is 426 Å². The molecule has 0 aliphatic rings. The lowest BCUT2D eigenvalue weighted by atomic mass is 10.0. The van der Waals surface area contributed by atoms with E-state index in [1.807, 2.05) is 0 Å². The van der Waals surface area contributed by atoms with Crippen LogP contribution in [0.15, 0.2) is 85.1 Å². The van der Waals surface area contributed by atoms with Gasteiger partial charge in [-0.05, 0) is 96.3 Å². The van der Waals surface area contributed by atoms with E-state index in [0.717, 1.165) is 122 Å². The van der Waals surface area contributed by atoms with Crippen LogP contribution in [0.3, 0.4) is 0 Å². The fraction of sp³-hybridized carbons (Fsp3) is 0.730. The van der Waals surface area contributed by atoms with E-state index in [-0.39, 0.29) is 31.1 Å². The lowest BCUT2D eigenvalue weighted by molar-refractivity contribution is -0.167. The van der Waals surface area contributed by atoms with Crippen LogP contribution < -0.4 is 0 Å². The Morgan fingerprint density at radius 3 is 0.913 bits per heavy atom. The lowest BCUT2D eigenvalue weighted by Crippen LogP contribution is -2.30. The van der Waals surface area contributed by atoms with Gasteiger partial charge in [-0.2, -0.15) is 0 Å². The summed E-state index contributed by atoms with van der Waals surface area (Å²) in [7, 11) is 0. The van der Waals surface area contributed by atoms with Gasteiger partial charge in [0.2, 0.25) is 0 Å². The van der Waals surface area contributed by atoms with Crippen molar-refractivity contribution in [1.82, 2.24) is 0 Å². The summed E-state index contributed by atoms with van der Waals surface area (Å²) in [6.45, 7) is 6.49. The van der Waals surface area contributed by atoms with Crippen LogP contribution >= 0.6 is 0 Å². The normalized spacial score (nSPS) is 12.7. The summed E-state index contributed by atoms with van der Waals surface area (Å²) < 4.78 is 16.9. The van der Waals surface area contributed by atoms with Gasteiger partial charge in [0.1, 0.15) is 13.2 Å². The number of esters is 3. The quantitative estimate of drug-likeness (QED) is 0.0262. The molecule has 1 unspecified atom stereocenters. The van der Waals surface area contributed by atoms with Gasteiger partial charge in [0.25, 0.3) is 0 Å². The molecule has 0 aromatic carbocycles. The Morgan fingerprint density at radius 1 is 0.304 bits per heavy atom. The molecule has 0 saturated carbocycles. The van der Waals surface area contributed by atoms with E-state index in [2.05, 4.69) is 106 Å². The molecule has 0 heterocycles. The van der Waals surface area contributed by atoms with Crippen LogP contribution in [0.1, 0.15) is 278 Å². The first-order chi connectivity index (χ1) is 34.0. The van der Waals surface area contributed by atoms with Crippen molar-refractivity contribution in [3.63, 3.8) is 0 Å². The smallest absolute Gasteiger partial charge is 0.306 e. The zero-order valence-electron chi connectivity index (χ0n) is 45.3. The summed E-state index contributed by atoms with van der Waals surface area (Å²) in [6.07, 6.45) is 74.2. The zero-order valence-corrected chi connectivity index (χ0v) is 45.3. The fourth-order valence-corrected chi connectivity index (χ4v) is 8.03. The van der Waals surface area contributed by atoms with Gasteiger partial charge in [0.15, 0.2) is 6.10 Å². The molecule has 69 heavy (non-hydrogen) atoms. The zero-order chi connectivity index (χ0) is 50.0. The van der Waals surface area contributed by atoms with Crippen molar-refractivity contribution in [3.8, 4) is 0 Å². The minimum absolute atomic E-state index is 0.0838. The van der Waals surface area contributed by atoms with Gasteiger partial charge in [0.05, 0.1) is 0 Å². The van der Waals surface area contributed by atoms with Gasteiger partial charge in [0, 0.05) is 19.3 Å². The molecule has 0 saturated heterocycles. The van der Waals surface area contributed by atoms with Crippen molar-refractivity contribution in [2.75, 3.05) is 13.2 Å². The molecular formula is C63H108O6. The van der Waals surface area contributed by atoms with E-state index in [1.54, 1.807) is 0 Å². The maximum atomic E-state index is 12.8. The third-order valence-corrected chi connectivity index (χ3v) is 12.4. The number of carbonyl (C=O) groups excluding carboxylic acids is 3. The highest BCUT2D eigenvalue weighted by Crippen LogP contribution is 2.15. The Bertz CT molecular complexity index is 1330. The molecule has 6 nitrogen and oxygen atoms in total. The Hall–Kier alpha value is -3.41. The van der Waals surface area contributed by atoms with Crippen LogP contribution in [0.5, 0.6) is 0 Å². The van der Waals surface area contributed by atoms with E-state index in [4.69, 9.17) is 14.2 Å². The number of unbranched alkanes of at least 4 members (excludes halogenated alkanes) is 27. The lowest BCUT2D eigenvalue weighted by Gasteiger charge is -2.18. The molecule has 0 fully saturated rings. The van der Waals surface area contributed by atoms with Crippen molar-refractivity contribution in [2.24, 2.45) is 0 Å². The van der Waals surface area contributed by atoms with Crippen molar-refractivity contribution in [1.29, 1.82) is 0 Å². The highest BCUT2D eigenvalue weighted by molar-refractivity contribution is 5.71. The highest BCUT2D eigenvalue weighted by Gasteiger charge is 2.19. The molecule has 0 rings (SSSR count). The number of hydrogen-bond acceptors (Lipinski definition) is 6. The molecule has 0 spiro atoms. The van der Waals surface area contributed by atoms with Crippen LogP contribution in [-0.4, -0.2) is 37.2 Å². The molecule has 0 aliphatic heterocycles. The number of ether oxygens (including phenoxy) is 3. The summed E-state index contributed by atoms with van der Waals surface area (Å²) in [5.74, 6) is -0.902. The van der Waals surface area contributed by atoms with Gasteiger partial charge in [-0.25, -0.2) is 0 Å². The summed E-state index contributed by atoms with van der Waals surface area (Å²) in [5, 5.41) is 0. The van der Waals surface area contributed by atoms with Crippen LogP contribution in [0.25, 0.3) is 0 Å². The average molecular weight is 962 g/mol. The van der Waals surface area contributed by atoms with Gasteiger partial charge >= 0.3 is 17.9 Å². The van der Waals surface area contributed by atoms with Crippen LogP contribution in [-0.2, 0) is 28.6 Å². The summed E-state index contributed by atoms with van der Waals surface area (Å²) in [5.41, 5.74) is 0. The van der Waals surface area contributed by atoms with E-state index >= 15 is 0 Å². The largest absolute Gasteiger partial charge is 0.462 e. The summed E-state index contributed by atoms with van der Waals surface area (Å²) in [6, 6.07) is 0. The SMILES string of the molecule is CC/C=C\C/C=C\C/C=C\C/C=C\C/C=C\CCCCCCCCCC(=O)OCC(COC(=O)CCCCCCCCCCCCCCC)OC(=O)CCCCCCC/C=C\C/C=C\CCCCC. The minimum atomic E-state index is -0.787. The molecule has 0 radical (unpaired) electrons. The van der Waals surface area contributed by atoms with E-state index in [0.29, 0.717) is 19.3 Å². The van der Waals surface area contributed by atoms with E-state index < -0.39 is 6.10 Å². The number of hydrogen-bond donors (Lipinski definition) is 0. The van der Waals surface area contributed by atoms with Crippen LogP contribution in [0, 0.1) is 0 Å². The predicted octanol–water partition coefficient (Wildman–Crippen LogP) is 19.5.